The van der Waals surface area contributed by atoms with Crippen molar-refractivity contribution in [1.29, 1.82) is 0 Å². The fourth-order valence-electron chi connectivity index (χ4n) is 3.39. The molecule has 1 aromatic heterocycles. The van der Waals surface area contributed by atoms with Gasteiger partial charge in [0, 0.05) is 24.2 Å². The largest absolute Gasteiger partial charge is 0.481 e. The molecule has 3 rings (SSSR count). The molecule has 0 spiro atoms. The van der Waals surface area contributed by atoms with Gasteiger partial charge in [0.2, 0.25) is 5.95 Å². The number of carbonyl (C=O) groups is 1. The molecule has 0 bridgehead atoms. The first kappa shape index (κ1) is 17.3. The molecule has 0 aliphatic carbocycles. The van der Waals surface area contributed by atoms with Gasteiger partial charge in [-0.3, -0.25) is 4.79 Å². The summed E-state index contributed by atoms with van der Waals surface area (Å²) < 4.78 is 0. The van der Waals surface area contributed by atoms with Crippen LogP contribution in [0.5, 0.6) is 0 Å². The molecule has 1 atom stereocenters. The number of hydrogen-bond donors (Lipinski definition) is 3. The van der Waals surface area contributed by atoms with Crippen LogP contribution in [0.15, 0.2) is 30.3 Å². The molecule has 1 aliphatic rings. The van der Waals surface area contributed by atoms with Crippen LogP contribution in [0.2, 0.25) is 5.02 Å². The summed E-state index contributed by atoms with van der Waals surface area (Å²) in [6, 6.07) is 8.94. The van der Waals surface area contributed by atoms with Crippen molar-refractivity contribution in [1.82, 2.24) is 9.97 Å². The van der Waals surface area contributed by atoms with Gasteiger partial charge in [-0.25, -0.2) is 0 Å². The zero-order valence-electron chi connectivity index (χ0n) is 13.7. The second kappa shape index (κ2) is 6.76. The van der Waals surface area contributed by atoms with E-state index in [0.717, 1.165) is 12.0 Å². The third kappa shape index (κ3) is 3.76. The Bertz CT molecular complexity index is 780. The Balaban J connectivity index is 1.90. The number of nitrogens with two attached hydrogens (primary N) is 2. The Morgan fingerprint density at radius 3 is 2.80 bits per heavy atom. The van der Waals surface area contributed by atoms with Crippen LogP contribution in [0.1, 0.15) is 18.4 Å². The van der Waals surface area contributed by atoms with E-state index in [4.69, 9.17) is 23.1 Å². The third-order valence-electron chi connectivity index (χ3n) is 4.54. The SMILES string of the molecule is Nc1cc(N2CCC[C@@](Cc3cccc(Cl)c3)(C(=O)O)C2)nc(N)n1. The van der Waals surface area contributed by atoms with E-state index in [0.29, 0.717) is 36.8 Å². The lowest BCUT2D eigenvalue weighted by Crippen LogP contribution is -2.49. The summed E-state index contributed by atoms with van der Waals surface area (Å²) in [5.74, 6) is 0.0776. The molecule has 2 heterocycles. The second-order valence-corrected chi connectivity index (χ2v) is 6.86. The fourth-order valence-corrected chi connectivity index (χ4v) is 3.61. The number of halogens is 1. The number of aromatic nitrogens is 2. The van der Waals surface area contributed by atoms with Crippen molar-refractivity contribution >= 4 is 35.2 Å². The molecule has 8 heteroatoms. The van der Waals surface area contributed by atoms with Crippen LogP contribution in [-0.2, 0) is 11.2 Å². The van der Waals surface area contributed by atoms with E-state index in [1.54, 1.807) is 12.1 Å². The van der Waals surface area contributed by atoms with Gasteiger partial charge in [0.05, 0.1) is 5.41 Å². The summed E-state index contributed by atoms with van der Waals surface area (Å²) in [4.78, 5) is 22.1. The number of nitrogen functional groups attached to an aromatic ring is 2. The van der Waals surface area contributed by atoms with Crippen molar-refractivity contribution in [2.24, 2.45) is 5.41 Å². The van der Waals surface area contributed by atoms with E-state index >= 15 is 0 Å². The normalized spacial score (nSPS) is 20.4. The van der Waals surface area contributed by atoms with Crippen LogP contribution < -0.4 is 16.4 Å². The van der Waals surface area contributed by atoms with Crippen molar-refractivity contribution in [2.45, 2.75) is 19.3 Å². The first-order valence-corrected chi connectivity index (χ1v) is 8.39. The number of hydrogen-bond acceptors (Lipinski definition) is 6. The third-order valence-corrected chi connectivity index (χ3v) is 4.77. The van der Waals surface area contributed by atoms with Crippen LogP contribution in [0.4, 0.5) is 17.6 Å². The van der Waals surface area contributed by atoms with Gasteiger partial charge >= 0.3 is 5.97 Å². The maximum Gasteiger partial charge on any atom is 0.311 e. The number of carboxylic acid groups (broad SMARTS) is 1. The summed E-state index contributed by atoms with van der Waals surface area (Å²) in [5.41, 5.74) is 11.4. The molecule has 1 fully saturated rings. The molecule has 132 valence electrons. The number of piperidine rings is 1. The van der Waals surface area contributed by atoms with Gasteiger partial charge in [0.15, 0.2) is 0 Å². The molecule has 25 heavy (non-hydrogen) atoms. The van der Waals surface area contributed by atoms with E-state index in [2.05, 4.69) is 9.97 Å². The lowest BCUT2D eigenvalue weighted by Gasteiger charge is -2.40. The fraction of sp³-hybridized carbons (Fsp3) is 0.353. The standard InChI is InChI=1S/C17H20ClN5O2/c18-12-4-1-3-11(7-12)9-17(15(24)25)5-2-6-23(10-17)14-8-13(19)21-16(20)22-14/h1,3-4,7-8H,2,5-6,9-10H2,(H,24,25)(H4,19,20,21,22)/t17-/m0/s1. The lowest BCUT2D eigenvalue weighted by molar-refractivity contribution is -0.149. The highest BCUT2D eigenvalue weighted by Crippen LogP contribution is 2.36. The van der Waals surface area contributed by atoms with Crippen LogP contribution >= 0.6 is 11.6 Å². The summed E-state index contributed by atoms with van der Waals surface area (Å²) in [5, 5.41) is 10.6. The highest BCUT2D eigenvalue weighted by atomic mass is 35.5. The van der Waals surface area contributed by atoms with Gasteiger partial charge in [0.1, 0.15) is 11.6 Å². The summed E-state index contributed by atoms with van der Waals surface area (Å²) in [6.45, 7) is 1.02. The van der Waals surface area contributed by atoms with E-state index in [1.807, 2.05) is 23.1 Å². The Hall–Kier alpha value is -2.54. The van der Waals surface area contributed by atoms with E-state index in [1.165, 1.54) is 0 Å². The van der Waals surface area contributed by atoms with Crippen LogP contribution in [0, 0.1) is 5.41 Å². The van der Waals surface area contributed by atoms with Gasteiger partial charge < -0.3 is 21.5 Å². The summed E-state index contributed by atoms with van der Waals surface area (Å²) >= 11 is 6.04. The predicted molar refractivity (Wildman–Crippen MR) is 97.5 cm³/mol. The molecule has 0 amide bonds. The number of anilines is 3. The van der Waals surface area contributed by atoms with Crippen molar-refractivity contribution in [3.05, 3.63) is 40.9 Å². The molecule has 0 unspecified atom stereocenters. The second-order valence-electron chi connectivity index (χ2n) is 6.43. The highest BCUT2D eigenvalue weighted by molar-refractivity contribution is 6.30. The number of benzene rings is 1. The minimum Gasteiger partial charge on any atom is -0.481 e. The molecule has 0 radical (unpaired) electrons. The minimum atomic E-state index is -0.919. The smallest absolute Gasteiger partial charge is 0.311 e. The Labute approximate surface area is 150 Å². The molecule has 1 aliphatic heterocycles. The Morgan fingerprint density at radius 2 is 2.12 bits per heavy atom. The van der Waals surface area contributed by atoms with E-state index in [-0.39, 0.29) is 11.8 Å². The summed E-state index contributed by atoms with van der Waals surface area (Å²) in [6.07, 6.45) is 1.72. The number of rotatable bonds is 4. The van der Waals surface area contributed by atoms with Crippen LogP contribution in [0.25, 0.3) is 0 Å². The maximum atomic E-state index is 12.1. The molecule has 0 saturated carbocycles. The van der Waals surface area contributed by atoms with E-state index in [9.17, 15) is 9.90 Å². The minimum absolute atomic E-state index is 0.0799. The summed E-state index contributed by atoms with van der Waals surface area (Å²) in [7, 11) is 0. The highest BCUT2D eigenvalue weighted by Gasteiger charge is 2.43. The molecule has 7 nitrogen and oxygen atoms in total. The molecular formula is C17H20ClN5O2. The van der Waals surface area contributed by atoms with Crippen molar-refractivity contribution < 1.29 is 9.90 Å². The van der Waals surface area contributed by atoms with Crippen molar-refractivity contribution in [3.8, 4) is 0 Å². The molecule has 2 aromatic rings. The van der Waals surface area contributed by atoms with Crippen molar-refractivity contribution in [3.63, 3.8) is 0 Å². The first-order chi connectivity index (χ1) is 11.9. The van der Waals surface area contributed by atoms with Gasteiger partial charge in [-0.05, 0) is 37.0 Å². The zero-order chi connectivity index (χ0) is 18.0. The van der Waals surface area contributed by atoms with E-state index < -0.39 is 11.4 Å². The predicted octanol–water partition coefficient (Wildman–Crippen LogP) is 2.21. The molecule has 5 N–H and O–H groups in total. The van der Waals surface area contributed by atoms with Gasteiger partial charge in [-0.15, -0.1) is 0 Å². The number of aliphatic carboxylic acids is 1. The van der Waals surface area contributed by atoms with Gasteiger partial charge in [-0.2, -0.15) is 9.97 Å². The monoisotopic (exact) mass is 361 g/mol. The van der Waals surface area contributed by atoms with Crippen LogP contribution in [-0.4, -0.2) is 34.1 Å². The molecular weight excluding hydrogens is 342 g/mol. The average molecular weight is 362 g/mol. The lowest BCUT2D eigenvalue weighted by atomic mass is 9.75. The van der Waals surface area contributed by atoms with Crippen molar-refractivity contribution in [2.75, 3.05) is 29.5 Å². The topological polar surface area (TPSA) is 118 Å². The van der Waals surface area contributed by atoms with Gasteiger partial charge in [-0.1, -0.05) is 23.7 Å². The quantitative estimate of drug-likeness (QED) is 0.763. The number of nitrogens with zero attached hydrogens (tertiary/aromatic N) is 3. The zero-order valence-corrected chi connectivity index (χ0v) is 14.4. The molecule has 1 saturated heterocycles. The average Bonchev–Trinajstić information content (AvgIpc) is 2.54. The molecule has 1 aromatic carbocycles. The van der Waals surface area contributed by atoms with Gasteiger partial charge in [0.25, 0.3) is 0 Å². The van der Waals surface area contributed by atoms with Crippen LogP contribution in [0.3, 0.4) is 0 Å². The first-order valence-electron chi connectivity index (χ1n) is 8.01. The Kier molecular flexibility index (Phi) is 4.67. The Morgan fingerprint density at radius 1 is 1.32 bits per heavy atom. The number of carboxylic acids is 1. The maximum absolute atomic E-state index is 12.1.